The van der Waals surface area contributed by atoms with Gasteiger partial charge < -0.3 is 5.32 Å². The average Bonchev–Trinajstić information content (AvgIpc) is 2.60. The highest BCUT2D eigenvalue weighted by atomic mass is 32.2. The van der Waals surface area contributed by atoms with Crippen molar-refractivity contribution < 1.29 is 22.0 Å². The first-order valence-corrected chi connectivity index (χ1v) is 10.4. The third-order valence-electron chi connectivity index (χ3n) is 3.94. The fourth-order valence-electron chi connectivity index (χ4n) is 2.59. The zero-order chi connectivity index (χ0) is 19.9. The minimum Gasteiger partial charge on any atom is -0.356 e. The zero-order valence-electron chi connectivity index (χ0n) is 15.0. The maximum Gasteiger partial charge on any atom is 0.232 e. The van der Waals surface area contributed by atoms with Gasteiger partial charge in [0.1, 0.15) is 11.6 Å². The lowest BCUT2D eigenvalue weighted by molar-refractivity contribution is -0.121. The van der Waals surface area contributed by atoms with Gasteiger partial charge in [-0.1, -0.05) is 24.3 Å². The molecular weight excluding hydrogens is 374 g/mol. The van der Waals surface area contributed by atoms with Crippen molar-refractivity contribution in [2.75, 3.05) is 23.7 Å². The number of anilines is 1. The molecule has 0 aliphatic heterocycles. The summed E-state index contributed by atoms with van der Waals surface area (Å²) in [6, 6.07) is 11.6. The number of carbonyl (C=O) groups is 1. The van der Waals surface area contributed by atoms with Crippen LogP contribution in [-0.2, 0) is 21.2 Å². The Bertz CT molecular complexity index is 871. The van der Waals surface area contributed by atoms with Crippen LogP contribution < -0.4 is 9.62 Å². The largest absolute Gasteiger partial charge is 0.356 e. The van der Waals surface area contributed by atoms with E-state index in [-0.39, 0.29) is 36.8 Å². The molecule has 0 saturated heterocycles. The molecule has 2 aromatic carbocycles. The maximum atomic E-state index is 13.9. The number of hydrogen-bond acceptors (Lipinski definition) is 3. The molecule has 0 atom stereocenters. The lowest BCUT2D eigenvalue weighted by Crippen LogP contribution is -2.33. The number of amides is 1. The number of nitrogens with one attached hydrogen (secondary N) is 1. The zero-order valence-corrected chi connectivity index (χ0v) is 15.8. The Labute approximate surface area is 158 Å². The van der Waals surface area contributed by atoms with Crippen LogP contribution in [-0.4, -0.2) is 33.7 Å². The average molecular weight is 396 g/mol. The second kappa shape index (κ2) is 9.45. The molecule has 5 nitrogen and oxygen atoms in total. The van der Waals surface area contributed by atoms with Gasteiger partial charge in [-0.2, -0.15) is 0 Å². The van der Waals surface area contributed by atoms with Gasteiger partial charge in [-0.25, -0.2) is 17.2 Å². The van der Waals surface area contributed by atoms with Crippen molar-refractivity contribution in [2.24, 2.45) is 0 Å². The lowest BCUT2D eigenvalue weighted by Gasteiger charge is -2.22. The monoisotopic (exact) mass is 396 g/mol. The van der Waals surface area contributed by atoms with Crippen LogP contribution in [0.5, 0.6) is 0 Å². The van der Waals surface area contributed by atoms with Crippen molar-refractivity contribution in [1.29, 1.82) is 0 Å². The molecule has 0 heterocycles. The minimum absolute atomic E-state index is 0.00511. The van der Waals surface area contributed by atoms with E-state index in [4.69, 9.17) is 0 Å². The van der Waals surface area contributed by atoms with E-state index < -0.39 is 15.8 Å². The number of carbonyl (C=O) groups excluding carboxylic acids is 1. The van der Waals surface area contributed by atoms with Crippen molar-refractivity contribution in [3.05, 3.63) is 65.7 Å². The minimum atomic E-state index is -3.66. The Morgan fingerprint density at radius 1 is 1.07 bits per heavy atom. The van der Waals surface area contributed by atoms with Crippen molar-refractivity contribution in [3.8, 4) is 0 Å². The van der Waals surface area contributed by atoms with Crippen molar-refractivity contribution in [3.63, 3.8) is 0 Å². The molecule has 0 spiro atoms. The molecule has 146 valence electrons. The molecule has 8 heteroatoms. The lowest BCUT2D eigenvalue weighted by atomic mass is 10.1. The highest BCUT2D eigenvalue weighted by Crippen LogP contribution is 2.21. The van der Waals surface area contributed by atoms with Gasteiger partial charge in [-0.15, -0.1) is 0 Å². The first-order chi connectivity index (χ1) is 12.8. The number of hydrogen-bond donors (Lipinski definition) is 1. The Morgan fingerprint density at radius 2 is 1.74 bits per heavy atom. The van der Waals surface area contributed by atoms with E-state index in [0.717, 1.165) is 16.1 Å². The number of sulfonamides is 1. The molecular formula is C19H22F2N2O3S. The van der Waals surface area contributed by atoms with Crippen LogP contribution in [0.1, 0.15) is 18.4 Å². The summed E-state index contributed by atoms with van der Waals surface area (Å²) in [5, 5.41) is 2.73. The predicted molar refractivity (Wildman–Crippen MR) is 101 cm³/mol. The summed E-state index contributed by atoms with van der Waals surface area (Å²) in [7, 11) is -3.66. The Morgan fingerprint density at radius 3 is 2.37 bits per heavy atom. The molecule has 0 unspecified atom stereocenters. The summed E-state index contributed by atoms with van der Waals surface area (Å²) in [6.07, 6.45) is 1.94. The highest BCUT2D eigenvalue weighted by molar-refractivity contribution is 7.92. The summed E-state index contributed by atoms with van der Waals surface area (Å²) in [5.41, 5.74) is 0.872. The van der Waals surface area contributed by atoms with E-state index in [9.17, 15) is 22.0 Å². The number of benzene rings is 2. The van der Waals surface area contributed by atoms with Crippen LogP contribution in [0.4, 0.5) is 14.5 Å². The van der Waals surface area contributed by atoms with Crippen LogP contribution in [0.3, 0.4) is 0 Å². The van der Waals surface area contributed by atoms with Gasteiger partial charge in [-0.05, 0) is 42.7 Å². The molecule has 0 bridgehead atoms. The van der Waals surface area contributed by atoms with E-state index in [1.807, 2.05) is 0 Å². The van der Waals surface area contributed by atoms with E-state index in [1.54, 1.807) is 18.2 Å². The van der Waals surface area contributed by atoms with Crippen LogP contribution in [0.15, 0.2) is 48.5 Å². The van der Waals surface area contributed by atoms with Gasteiger partial charge in [0.25, 0.3) is 0 Å². The van der Waals surface area contributed by atoms with E-state index >= 15 is 0 Å². The number of rotatable bonds is 9. The number of halogens is 2. The third kappa shape index (κ3) is 6.63. The normalized spacial score (nSPS) is 11.2. The molecule has 2 aromatic rings. The Kier molecular flexibility index (Phi) is 7.29. The summed E-state index contributed by atoms with van der Waals surface area (Å²) in [6.45, 7) is 0.402. The van der Waals surface area contributed by atoms with Crippen LogP contribution in [0.25, 0.3) is 0 Å². The summed E-state index contributed by atoms with van der Waals surface area (Å²) >= 11 is 0. The molecule has 1 N–H and O–H groups in total. The summed E-state index contributed by atoms with van der Waals surface area (Å²) < 4.78 is 51.6. The fraction of sp³-hybridized carbons (Fsp3) is 0.316. The molecule has 0 fully saturated rings. The van der Waals surface area contributed by atoms with Gasteiger partial charge in [-0.3, -0.25) is 9.10 Å². The molecule has 0 aromatic heterocycles. The molecule has 0 aliphatic carbocycles. The van der Waals surface area contributed by atoms with Crippen LogP contribution in [0, 0.1) is 11.6 Å². The van der Waals surface area contributed by atoms with Gasteiger partial charge in [0, 0.05) is 19.5 Å². The molecule has 0 radical (unpaired) electrons. The first kappa shape index (κ1) is 20.8. The standard InChI is InChI=1S/C19H22F2N2O3S/c1-27(25,26)23(18-6-3-2-5-17(18)21)14-4-7-19(24)22-13-12-15-8-10-16(20)11-9-15/h2-3,5-6,8-11H,4,7,12-14H2,1H3,(H,22,24). The summed E-state index contributed by atoms with van der Waals surface area (Å²) in [4.78, 5) is 11.9. The molecule has 2 rings (SSSR count). The molecule has 0 saturated carbocycles. The van der Waals surface area contributed by atoms with E-state index in [0.29, 0.717) is 13.0 Å². The van der Waals surface area contributed by atoms with Gasteiger partial charge in [0.05, 0.1) is 11.9 Å². The van der Waals surface area contributed by atoms with Gasteiger partial charge in [0.2, 0.25) is 15.9 Å². The Balaban J connectivity index is 1.81. The highest BCUT2D eigenvalue weighted by Gasteiger charge is 2.20. The van der Waals surface area contributed by atoms with E-state index in [2.05, 4.69) is 5.32 Å². The number of nitrogens with zero attached hydrogens (tertiary/aromatic N) is 1. The Hall–Kier alpha value is -2.48. The second-order valence-electron chi connectivity index (χ2n) is 6.12. The molecule has 0 aliphatic rings. The number of para-hydroxylation sites is 1. The topological polar surface area (TPSA) is 66.5 Å². The second-order valence-corrected chi connectivity index (χ2v) is 8.02. The molecule has 1 amide bonds. The van der Waals surface area contributed by atoms with Crippen molar-refractivity contribution >= 4 is 21.6 Å². The van der Waals surface area contributed by atoms with E-state index in [1.165, 1.54) is 30.3 Å². The first-order valence-electron chi connectivity index (χ1n) is 8.51. The third-order valence-corrected chi connectivity index (χ3v) is 5.12. The SMILES string of the molecule is CS(=O)(=O)N(CCCC(=O)NCCc1ccc(F)cc1)c1ccccc1F. The predicted octanol–water partition coefficient (Wildman–Crippen LogP) is 2.87. The summed E-state index contributed by atoms with van der Waals surface area (Å²) in [5.74, 6) is -1.17. The van der Waals surface area contributed by atoms with Gasteiger partial charge in [0.15, 0.2) is 0 Å². The molecule has 27 heavy (non-hydrogen) atoms. The van der Waals surface area contributed by atoms with Crippen LogP contribution in [0.2, 0.25) is 0 Å². The maximum absolute atomic E-state index is 13.9. The van der Waals surface area contributed by atoms with Gasteiger partial charge >= 0.3 is 0 Å². The fourth-order valence-corrected chi connectivity index (χ4v) is 3.55. The quantitative estimate of drug-likeness (QED) is 0.709. The van der Waals surface area contributed by atoms with Crippen LogP contribution >= 0.6 is 0 Å². The smallest absolute Gasteiger partial charge is 0.232 e. The van der Waals surface area contributed by atoms with Crippen molar-refractivity contribution in [1.82, 2.24) is 5.32 Å². The van der Waals surface area contributed by atoms with Crippen molar-refractivity contribution in [2.45, 2.75) is 19.3 Å².